The Hall–Kier alpha value is -3.50. The molecule has 45 heavy (non-hydrogen) atoms. The van der Waals surface area contributed by atoms with Crippen molar-refractivity contribution in [3.05, 3.63) is 28.2 Å². The highest BCUT2D eigenvalue weighted by Crippen LogP contribution is 2.45. The molecular weight excluding hydrogens is 613 g/mol. The van der Waals surface area contributed by atoms with Crippen molar-refractivity contribution < 1.29 is 43.1 Å². The van der Waals surface area contributed by atoms with Crippen LogP contribution in [0.15, 0.2) is 22.6 Å². The van der Waals surface area contributed by atoms with E-state index in [0.717, 1.165) is 0 Å². The fourth-order valence-electron chi connectivity index (χ4n) is 4.75. The van der Waals surface area contributed by atoms with Gasteiger partial charge in [-0.05, 0) is 45.4 Å². The second-order valence-corrected chi connectivity index (χ2v) is 13.5. The molecule has 18 heteroatoms. The molecule has 0 bridgehead atoms. The summed E-state index contributed by atoms with van der Waals surface area (Å²) < 4.78 is 37.7. The highest BCUT2D eigenvalue weighted by atomic mass is 31.2. The van der Waals surface area contributed by atoms with Gasteiger partial charge in [0, 0.05) is 0 Å². The average molecular weight is 658 g/mol. The Morgan fingerprint density at radius 2 is 1.67 bits per heavy atom. The lowest BCUT2D eigenvalue weighted by molar-refractivity contribution is -0.146. The number of aliphatic hydroxyl groups is 2. The first-order valence-corrected chi connectivity index (χ1v) is 16.3. The molecule has 0 fully saturated rings. The molecule has 3 heterocycles. The zero-order valence-electron chi connectivity index (χ0n) is 26.5. The van der Waals surface area contributed by atoms with Crippen molar-refractivity contribution in [2.45, 2.75) is 85.2 Å². The lowest BCUT2D eigenvalue weighted by atomic mass is 10.0. The van der Waals surface area contributed by atoms with E-state index in [4.69, 9.17) is 24.5 Å². The SMILES string of the molecule is CCOC(=O)C(CC(C)C)NP(=O)(NC(CC(C)C)C(=O)OCC)OCC1=C(O)C(C)(O)[C@H](n2cnc3c(=O)[nH]c(N)nc32)O1. The first kappa shape index (κ1) is 36.0. The molecule has 0 spiro atoms. The number of aromatic nitrogens is 4. The number of ether oxygens (including phenoxy) is 3. The van der Waals surface area contributed by atoms with Crippen LogP contribution in [0.4, 0.5) is 5.95 Å². The summed E-state index contributed by atoms with van der Waals surface area (Å²) in [5.74, 6) is -2.60. The van der Waals surface area contributed by atoms with Gasteiger partial charge in [0.05, 0.1) is 13.2 Å². The van der Waals surface area contributed by atoms with E-state index in [1.807, 2.05) is 27.7 Å². The maximum Gasteiger partial charge on any atom is 0.342 e. The molecule has 0 aliphatic carbocycles. The van der Waals surface area contributed by atoms with Gasteiger partial charge in [-0.15, -0.1) is 0 Å². The molecule has 1 aliphatic rings. The van der Waals surface area contributed by atoms with E-state index in [9.17, 15) is 29.2 Å². The van der Waals surface area contributed by atoms with Gasteiger partial charge in [-0.2, -0.15) is 4.98 Å². The van der Waals surface area contributed by atoms with Crippen LogP contribution in [0, 0.1) is 11.8 Å². The van der Waals surface area contributed by atoms with E-state index in [1.165, 1.54) is 17.8 Å². The summed E-state index contributed by atoms with van der Waals surface area (Å²) in [6, 6.07) is -2.19. The molecule has 2 aromatic heterocycles. The summed E-state index contributed by atoms with van der Waals surface area (Å²) in [6.45, 7) is 11.4. The third kappa shape index (κ3) is 8.61. The number of anilines is 1. The van der Waals surface area contributed by atoms with Crippen LogP contribution in [0.25, 0.3) is 11.2 Å². The van der Waals surface area contributed by atoms with Crippen molar-refractivity contribution in [1.29, 1.82) is 0 Å². The topological polar surface area (TPSA) is 242 Å². The van der Waals surface area contributed by atoms with E-state index in [1.54, 1.807) is 13.8 Å². The van der Waals surface area contributed by atoms with Gasteiger partial charge in [0.15, 0.2) is 28.3 Å². The highest BCUT2D eigenvalue weighted by Gasteiger charge is 2.49. The smallest absolute Gasteiger partial charge is 0.342 e. The molecule has 0 saturated carbocycles. The molecule has 252 valence electrons. The van der Waals surface area contributed by atoms with Gasteiger partial charge in [0.2, 0.25) is 12.2 Å². The Morgan fingerprint density at radius 1 is 1.13 bits per heavy atom. The fourth-order valence-corrected chi connectivity index (χ4v) is 6.52. The van der Waals surface area contributed by atoms with Crippen LogP contribution in [0.2, 0.25) is 0 Å². The summed E-state index contributed by atoms with van der Waals surface area (Å²) in [6.07, 6.45) is 0.220. The van der Waals surface area contributed by atoms with Crippen LogP contribution in [0.1, 0.15) is 67.5 Å². The number of aromatic amines is 1. The zero-order chi connectivity index (χ0) is 33.7. The summed E-state index contributed by atoms with van der Waals surface area (Å²) in [5, 5.41) is 27.7. The molecule has 3 rings (SSSR count). The number of nitrogens with one attached hydrogen (secondary N) is 3. The molecule has 7 N–H and O–H groups in total. The van der Waals surface area contributed by atoms with Crippen LogP contribution >= 0.6 is 7.67 Å². The van der Waals surface area contributed by atoms with Crippen molar-refractivity contribution in [2.75, 3.05) is 25.6 Å². The number of carbonyl (C=O) groups is 2. The minimum absolute atomic E-state index is 0.0255. The Morgan fingerprint density at radius 3 is 2.16 bits per heavy atom. The average Bonchev–Trinajstić information content (AvgIpc) is 3.44. The van der Waals surface area contributed by atoms with Gasteiger partial charge < -0.3 is 30.2 Å². The minimum Gasteiger partial charge on any atom is -0.506 e. The standard InChI is InChI=1S/C27H44N7O10P/c1-8-41-23(37)16(10-14(3)4)32-45(40,33-17(11-15(5)6)24(38)42-9-2)43-12-18-20(35)27(7,39)25(44-18)34-13-29-19-21(34)30-26(28)31-22(19)36/h13-17,25,35,39H,8-12H2,1-7H3,(H2,32,33,40)(H3,28,30,31,36)/t16?,17?,25-,27?,45?/m1/s1. The monoisotopic (exact) mass is 657 g/mol. The third-order valence-corrected chi connectivity index (χ3v) is 8.56. The molecule has 0 aromatic carbocycles. The van der Waals surface area contributed by atoms with Gasteiger partial charge in [-0.25, -0.2) is 15.2 Å². The fraction of sp³-hybridized carbons (Fsp3) is 0.667. The number of H-pyrrole nitrogens is 1. The number of nitrogens with two attached hydrogens (primary N) is 1. The lowest BCUT2D eigenvalue weighted by Gasteiger charge is -2.29. The van der Waals surface area contributed by atoms with Crippen LogP contribution in [0.5, 0.6) is 0 Å². The normalized spacial score (nSPS) is 21.2. The lowest BCUT2D eigenvalue weighted by Crippen LogP contribution is -2.45. The molecule has 0 radical (unpaired) electrons. The van der Waals surface area contributed by atoms with Gasteiger partial charge in [0.25, 0.3) is 5.56 Å². The molecular formula is C27H44N7O10P. The number of esters is 2. The number of imidazole rings is 1. The maximum absolute atomic E-state index is 14.4. The number of hydrogen-bond donors (Lipinski definition) is 6. The van der Waals surface area contributed by atoms with E-state index in [-0.39, 0.29) is 60.8 Å². The van der Waals surface area contributed by atoms with Crippen molar-refractivity contribution in [3.63, 3.8) is 0 Å². The summed E-state index contributed by atoms with van der Waals surface area (Å²) in [5.41, 5.74) is 2.86. The van der Waals surface area contributed by atoms with Gasteiger partial charge in [0.1, 0.15) is 25.0 Å². The maximum atomic E-state index is 14.4. The van der Waals surface area contributed by atoms with Crippen LogP contribution in [0.3, 0.4) is 0 Å². The molecule has 4 atom stereocenters. The highest BCUT2D eigenvalue weighted by molar-refractivity contribution is 7.54. The van der Waals surface area contributed by atoms with Gasteiger partial charge in [-0.1, -0.05) is 27.7 Å². The molecule has 3 unspecified atom stereocenters. The quantitative estimate of drug-likeness (QED) is 0.112. The number of rotatable bonds is 16. The largest absolute Gasteiger partial charge is 0.506 e. The number of carbonyl (C=O) groups excluding carboxylic acids is 2. The van der Waals surface area contributed by atoms with Crippen molar-refractivity contribution in [1.82, 2.24) is 29.7 Å². The molecule has 1 aliphatic heterocycles. The number of aliphatic hydroxyl groups excluding tert-OH is 1. The number of nitrogens with zero attached hydrogens (tertiary/aromatic N) is 3. The molecule has 2 aromatic rings. The second-order valence-electron chi connectivity index (χ2n) is 11.6. The summed E-state index contributed by atoms with van der Waals surface area (Å²) in [7, 11) is -4.35. The summed E-state index contributed by atoms with van der Waals surface area (Å²) >= 11 is 0. The van der Waals surface area contributed by atoms with Crippen LogP contribution < -0.4 is 21.5 Å². The van der Waals surface area contributed by atoms with Crippen LogP contribution in [-0.2, 0) is 32.9 Å². The van der Waals surface area contributed by atoms with E-state index < -0.39 is 61.4 Å². The minimum atomic E-state index is -4.35. The van der Waals surface area contributed by atoms with Crippen molar-refractivity contribution in [3.8, 4) is 0 Å². The molecule has 17 nitrogen and oxygen atoms in total. The first-order chi connectivity index (χ1) is 21.0. The van der Waals surface area contributed by atoms with Gasteiger partial charge in [-0.3, -0.25) is 33.0 Å². The number of hydrogen-bond acceptors (Lipinski definition) is 13. The van der Waals surface area contributed by atoms with Crippen molar-refractivity contribution >= 4 is 36.7 Å². The van der Waals surface area contributed by atoms with Gasteiger partial charge >= 0.3 is 19.6 Å². The van der Waals surface area contributed by atoms with E-state index >= 15 is 0 Å². The second kappa shape index (κ2) is 14.7. The Labute approximate surface area is 260 Å². The molecule has 0 saturated heterocycles. The zero-order valence-corrected chi connectivity index (χ0v) is 27.4. The predicted molar refractivity (Wildman–Crippen MR) is 163 cm³/mol. The van der Waals surface area contributed by atoms with E-state index in [0.29, 0.717) is 0 Å². The number of nitrogen functional groups attached to an aromatic ring is 1. The first-order valence-electron chi connectivity index (χ1n) is 14.7. The van der Waals surface area contributed by atoms with Crippen LogP contribution in [-0.4, -0.2) is 79.2 Å². The molecule has 0 amide bonds. The summed E-state index contributed by atoms with van der Waals surface area (Å²) in [4.78, 5) is 48.4. The third-order valence-electron chi connectivity index (χ3n) is 6.77. The predicted octanol–water partition coefficient (Wildman–Crippen LogP) is 2.01. The van der Waals surface area contributed by atoms with Crippen molar-refractivity contribution in [2.24, 2.45) is 11.8 Å². The Kier molecular flexibility index (Phi) is 11.8. The van der Waals surface area contributed by atoms with E-state index in [2.05, 4.69) is 25.1 Å². The number of fused-ring (bicyclic) bond motifs is 1. The Bertz CT molecular complexity index is 1460. The Balaban J connectivity index is 1.96.